The molecule has 2 N–H and O–H groups in total. The van der Waals surface area contributed by atoms with E-state index >= 15 is 0 Å². The van der Waals surface area contributed by atoms with Gasteiger partial charge in [-0.2, -0.15) is 0 Å². The fourth-order valence-electron chi connectivity index (χ4n) is 2.16. The van der Waals surface area contributed by atoms with E-state index < -0.39 is 5.91 Å². The van der Waals surface area contributed by atoms with Crippen molar-refractivity contribution in [3.05, 3.63) is 57.0 Å². The molecule has 0 bridgehead atoms. The molecule has 0 heterocycles. The first kappa shape index (κ1) is 19.3. The summed E-state index contributed by atoms with van der Waals surface area (Å²) in [6.07, 6.45) is 0. The number of rotatable bonds is 6. The van der Waals surface area contributed by atoms with Crippen LogP contribution in [0, 0.1) is 13.8 Å². The van der Waals surface area contributed by atoms with Gasteiger partial charge in [-0.25, -0.2) is 0 Å². The summed E-state index contributed by atoms with van der Waals surface area (Å²) >= 11 is 9.30. The highest BCUT2D eigenvalue weighted by Crippen LogP contribution is 2.27. The third-order valence-electron chi connectivity index (χ3n) is 3.44. The molecule has 2 aromatic carbocycles. The van der Waals surface area contributed by atoms with Gasteiger partial charge in [-0.15, -0.1) is 0 Å². The number of para-hydroxylation sites is 1. The highest BCUT2D eigenvalue weighted by atomic mass is 79.9. The Morgan fingerprint density at radius 3 is 2.44 bits per heavy atom. The van der Waals surface area contributed by atoms with Gasteiger partial charge in [0, 0.05) is 10.2 Å². The number of benzene rings is 2. The van der Waals surface area contributed by atoms with Crippen LogP contribution < -0.4 is 15.4 Å². The number of nitrogens with one attached hydrogen (secondary N) is 2. The van der Waals surface area contributed by atoms with Crippen LogP contribution in [-0.4, -0.2) is 25.0 Å². The van der Waals surface area contributed by atoms with Crippen molar-refractivity contribution in [3.8, 4) is 5.75 Å². The Hall–Kier alpha value is -2.05. The van der Waals surface area contributed by atoms with Crippen LogP contribution in [-0.2, 0) is 9.59 Å². The molecule has 2 aromatic rings. The van der Waals surface area contributed by atoms with Crippen molar-refractivity contribution in [2.24, 2.45) is 0 Å². The second-order valence-electron chi connectivity index (χ2n) is 5.46. The molecule has 25 heavy (non-hydrogen) atoms. The maximum atomic E-state index is 12.0. The molecular formula is C18H18BrClN2O3. The van der Waals surface area contributed by atoms with Crippen molar-refractivity contribution >= 4 is 45.0 Å². The quantitative estimate of drug-likeness (QED) is 0.738. The average molecular weight is 426 g/mol. The van der Waals surface area contributed by atoms with E-state index in [4.69, 9.17) is 16.3 Å². The zero-order chi connectivity index (χ0) is 18.4. The summed E-state index contributed by atoms with van der Waals surface area (Å²) in [5.41, 5.74) is 2.69. The zero-order valence-corrected chi connectivity index (χ0v) is 16.2. The molecule has 0 aromatic heterocycles. The largest absolute Gasteiger partial charge is 0.482 e. The van der Waals surface area contributed by atoms with Crippen LogP contribution >= 0.6 is 27.5 Å². The van der Waals surface area contributed by atoms with Crippen LogP contribution in [0.1, 0.15) is 11.1 Å². The molecule has 0 fully saturated rings. The first-order chi connectivity index (χ1) is 11.9. The van der Waals surface area contributed by atoms with E-state index in [2.05, 4.69) is 26.6 Å². The van der Waals surface area contributed by atoms with E-state index in [1.165, 1.54) is 0 Å². The third kappa shape index (κ3) is 5.76. The molecule has 2 amide bonds. The summed E-state index contributed by atoms with van der Waals surface area (Å²) in [4.78, 5) is 23.8. The Labute approximate surface area is 159 Å². The van der Waals surface area contributed by atoms with Crippen LogP contribution in [0.3, 0.4) is 0 Å². The van der Waals surface area contributed by atoms with Gasteiger partial charge in [-0.3, -0.25) is 9.59 Å². The Morgan fingerprint density at radius 1 is 1.12 bits per heavy atom. The molecule has 0 atom stereocenters. The lowest BCUT2D eigenvalue weighted by Gasteiger charge is -2.12. The molecule has 0 spiro atoms. The highest BCUT2D eigenvalue weighted by Gasteiger charge is 2.10. The summed E-state index contributed by atoms with van der Waals surface area (Å²) in [6.45, 7) is 3.47. The van der Waals surface area contributed by atoms with Gasteiger partial charge >= 0.3 is 0 Å². The zero-order valence-electron chi connectivity index (χ0n) is 13.9. The standard InChI is InChI=1S/C18H18BrClN2O3/c1-11-4-3-5-12(2)18(11)22-16(23)9-21-17(24)10-25-15-7-6-13(19)8-14(15)20/h3-8H,9-10H2,1-2H3,(H,21,24)(H,22,23). The second kappa shape index (κ2) is 8.87. The van der Waals surface area contributed by atoms with E-state index in [9.17, 15) is 9.59 Å². The summed E-state index contributed by atoms with van der Waals surface area (Å²) in [5.74, 6) is -0.303. The van der Waals surface area contributed by atoms with Gasteiger partial charge < -0.3 is 15.4 Å². The fraction of sp³-hybridized carbons (Fsp3) is 0.222. The summed E-state index contributed by atoms with van der Waals surface area (Å²) < 4.78 is 6.16. The predicted octanol–water partition coefficient (Wildman–Crippen LogP) is 3.85. The maximum Gasteiger partial charge on any atom is 0.258 e. The van der Waals surface area contributed by atoms with E-state index in [-0.39, 0.29) is 19.1 Å². The molecule has 2 rings (SSSR count). The molecule has 0 aliphatic rings. The topological polar surface area (TPSA) is 67.4 Å². The van der Waals surface area contributed by atoms with Gasteiger partial charge in [-0.05, 0) is 43.2 Å². The molecule has 0 aliphatic heterocycles. The minimum Gasteiger partial charge on any atom is -0.482 e. The Balaban J connectivity index is 1.80. The number of hydrogen-bond acceptors (Lipinski definition) is 3. The number of halogens is 2. The minimum atomic E-state index is -0.407. The molecule has 132 valence electrons. The number of aryl methyl sites for hydroxylation is 2. The molecule has 0 unspecified atom stereocenters. The van der Waals surface area contributed by atoms with Crippen molar-refractivity contribution in [2.75, 3.05) is 18.5 Å². The maximum absolute atomic E-state index is 12.0. The van der Waals surface area contributed by atoms with Crippen molar-refractivity contribution < 1.29 is 14.3 Å². The molecule has 5 nitrogen and oxygen atoms in total. The van der Waals surface area contributed by atoms with Gasteiger partial charge in [0.05, 0.1) is 11.6 Å². The lowest BCUT2D eigenvalue weighted by Crippen LogP contribution is -2.36. The molecule has 0 saturated carbocycles. The van der Waals surface area contributed by atoms with Gasteiger partial charge in [0.1, 0.15) is 5.75 Å². The molecule has 0 radical (unpaired) electrons. The summed E-state index contributed by atoms with van der Waals surface area (Å²) in [5, 5.41) is 5.71. The van der Waals surface area contributed by atoms with E-state index in [1.54, 1.807) is 18.2 Å². The van der Waals surface area contributed by atoms with E-state index in [0.717, 1.165) is 21.3 Å². The SMILES string of the molecule is Cc1cccc(C)c1NC(=O)CNC(=O)COc1ccc(Br)cc1Cl. The van der Waals surface area contributed by atoms with E-state index in [0.29, 0.717) is 10.8 Å². The van der Waals surface area contributed by atoms with Crippen molar-refractivity contribution in [2.45, 2.75) is 13.8 Å². The first-order valence-electron chi connectivity index (χ1n) is 7.57. The lowest BCUT2D eigenvalue weighted by atomic mass is 10.1. The monoisotopic (exact) mass is 424 g/mol. The smallest absolute Gasteiger partial charge is 0.258 e. The van der Waals surface area contributed by atoms with Gasteiger partial charge in [-0.1, -0.05) is 45.7 Å². The van der Waals surface area contributed by atoms with Crippen molar-refractivity contribution in [1.29, 1.82) is 0 Å². The normalized spacial score (nSPS) is 10.2. The highest BCUT2D eigenvalue weighted by molar-refractivity contribution is 9.10. The number of carbonyl (C=O) groups is 2. The number of carbonyl (C=O) groups excluding carboxylic acids is 2. The van der Waals surface area contributed by atoms with Gasteiger partial charge in [0.25, 0.3) is 5.91 Å². The van der Waals surface area contributed by atoms with Gasteiger partial charge in [0.15, 0.2) is 6.61 Å². The number of ether oxygens (including phenoxy) is 1. The number of anilines is 1. The molecular weight excluding hydrogens is 408 g/mol. The minimum absolute atomic E-state index is 0.135. The van der Waals surface area contributed by atoms with E-state index in [1.807, 2.05) is 32.0 Å². The molecule has 7 heteroatoms. The second-order valence-corrected chi connectivity index (χ2v) is 6.78. The van der Waals surface area contributed by atoms with Crippen LogP contribution in [0.15, 0.2) is 40.9 Å². The predicted molar refractivity (Wildman–Crippen MR) is 102 cm³/mol. The van der Waals surface area contributed by atoms with Crippen LogP contribution in [0.25, 0.3) is 0 Å². The third-order valence-corrected chi connectivity index (χ3v) is 4.23. The van der Waals surface area contributed by atoms with Crippen LogP contribution in [0.5, 0.6) is 5.75 Å². The fourth-order valence-corrected chi connectivity index (χ4v) is 2.89. The van der Waals surface area contributed by atoms with Gasteiger partial charge in [0.2, 0.25) is 5.91 Å². The Kier molecular flexibility index (Phi) is 6.84. The van der Waals surface area contributed by atoms with Crippen molar-refractivity contribution in [3.63, 3.8) is 0 Å². The molecule has 0 aliphatic carbocycles. The number of amides is 2. The van der Waals surface area contributed by atoms with Crippen LogP contribution in [0.4, 0.5) is 5.69 Å². The summed E-state index contributed by atoms with van der Waals surface area (Å²) in [6, 6.07) is 10.8. The van der Waals surface area contributed by atoms with Crippen LogP contribution in [0.2, 0.25) is 5.02 Å². The molecule has 0 saturated heterocycles. The van der Waals surface area contributed by atoms with Crippen molar-refractivity contribution in [1.82, 2.24) is 5.32 Å². The lowest BCUT2D eigenvalue weighted by molar-refractivity contribution is -0.125. The number of hydrogen-bond donors (Lipinski definition) is 2. The summed E-state index contributed by atoms with van der Waals surface area (Å²) in [7, 11) is 0. The Bertz CT molecular complexity index is 776. The average Bonchev–Trinajstić information content (AvgIpc) is 2.55. The first-order valence-corrected chi connectivity index (χ1v) is 8.74. The Morgan fingerprint density at radius 2 is 1.80 bits per heavy atom.